The van der Waals surface area contributed by atoms with Crippen molar-refractivity contribution in [2.24, 2.45) is 0 Å². The van der Waals surface area contributed by atoms with Crippen molar-refractivity contribution < 1.29 is 4.52 Å². The maximum absolute atomic E-state index is 5.24. The van der Waals surface area contributed by atoms with Gasteiger partial charge in [-0.15, -0.1) is 0 Å². The molecule has 0 fully saturated rings. The van der Waals surface area contributed by atoms with Gasteiger partial charge in [-0.05, 0) is 12.1 Å². The molecular formula is C13H9N3OS. The minimum absolute atomic E-state index is 0.427. The monoisotopic (exact) mass is 255 g/mol. The SMILES string of the molecule is S=c1[nH]cccc1-c1nc(-c2ccccc2)no1. The first kappa shape index (κ1) is 10.9. The average Bonchev–Trinajstić information content (AvgIpc) is 2.90. The lowest BCUT2D eigenvalue weighted by molar-refractivity contribution is 0.432. The van der Waals surface area contributed by atoms with E-state index in [1.54, 1.807) is 6.20 Å². The van der Waals surface area contributed by atoms with Gasteiger partial charge in [0.05, 0.1) is 5.56 Å². The summed E-state index contributed by atoms with van der Waals surface area (Å²) >= 11 is 5.18. The molecular weight excluding hydrogens is 246 g/mol. The highest BCUT2D eigenvalue weighted by Crippen LogP contribution is 2.21. The topological polar surface area (TPSA) is 54.7 Å². The van der Waals surface area contributed by atoms with Crippen LogP contribution in [0, 0.1) is 4.64 Å². The Bertz CT molecular complexity index is 718. The summed E-state index contributed by atoms with van der Waals surface area (Å²) < 4.78 is 5.82. The Kier molecular flexibility index (Phi) is 2.74. The van der Waals surface area contributed by atoms with E-state index in [9.17, 15) is 0 Å². The van der Waals surface area contributed by atoms with Crippen LogP contribution >= 0.6 is 12.2 Å². The van der Waals surface area contributed by atoms with Crippen molar-refractivity contribution in [2.45, 2.75) is 0 Å². The summed E-state index contributed by atoms with van der Waals surface area (Å²) in [4.78, 5) is 7.28. The van der Waals surface area contributed by atoms with Crippen molar-refractivity contribution >= 4 is 12.2 Å². The van der Waals surface area contributed by atoms with Crippen LogP contribution in [0.25, 0.3) is 22.8 Å². The van der Waals surface area contributed by atoms with Gasteiger partial charge in [-0.2, -0.15) is 4.98 Å². The molecule has 0 amide bonds. The first-order chi connectivity index (χ1) is 8.84. The molecule has 5 heteroatoms. The zero-order valence-electron chi connectivity index (χ0n) is 9.33. The molecule has 0 aliphatic carbocycles. The Hall–Kier alpha value is -2.27. The Labute approximate surface area is 108 Å². The molecule has 0 aliphatic rings. The minimum atomic E-state index is 0.427. The van der Waals surface area contributed by atoms with Gasteiger partial charge >= 0.3 is 0 Å². The Morgan fingerprint density at radius 3 is 2.67 bits per heavy atom. The Balaban J connectivity index is 2.06. The van der Waals surface area contributed by atoms with Gasteiger partial charge < -0.3 is 9.51 Å². The number of nitrogens with one attached hydrogen (secondary N) is 1. The molecule has 0 unspecified atom stereocenters. The van der Waals surface area contributed by atoms with E-state index in [-0.39, 0.29) is 0 Å². The smallest absolute Gasteiger partial charge is 0.261 e. The van der Waals surface area contributed by atoms with E-state index in [1.165, 1.54) is 0 Å². The van der Waals surface area contributed by atoms with Crippen LogP contribution in [0.3, 0.4) is 0 Å². The highest BCUT2D eigenvalue weighted by atomic mass is 32.1. The largest absolute Gasteiger partial charge is 0.352 e. The number of benzene rings is 1. The van der Waals surface area contributed by atoms with Gasteiger partial charge in [0, 0.05) is 11.8 Å². The average molecular weight is 255 g/mol. The lowest BCUT2D eigenvalue weighted by Gasteiger charge is -1.93. The molecule has 0 saturated heterocycles. The van der Waals surface area contributed by atoms with Crippen molar-refractivity contribution in [3.05, 3.63) is 53.3 Å². The van der Waals surface area contributed by atoms with E-state index in [2.05, 4.69) is 15.1 Å². The number of aromatic amines is 1. The number of nitrogens with zero attached hydrogens (tertiary/aromatic N) is 2. The second-order valence-electron chi connectivity index (χ2n) is 3.70. The number of aromatic nitrogens is 3. The third-order valence-corrected chi connectivity index (χ3v) is 2.84. The van der Waals surface area contributed by atoms with Crippen LogP contribution in [0.5, 0.6) is 0 Å². The van der Waals surface area contributed by atoms with Crippen LogP contribution in [-0.2, 0) is 0 Å². The second-order valence-corrected chi connectivity index (χ2v) is 4.11. The van der Waals surface area contributed by atoms with Crippen LogP contribution in [0.15, 0.2) is 53.2 Å². The summed E-state index contributed by atoms with van der Waals surface area (Å²) in [5, 5.41) is 3.96. The maximum atomic E-state index is 5.24. The fourth-order valence-electron chi connectivity index (χ4n) is 1.63. The molecule has 0 saturated carbocycles. The lowest BCUT2D eigenvalue weighted by Crippen LogP contribution is -1.83. The van der Waals surface area contributed by atoms with Crippen molar-refractivity contribution in [3.8, 4) is 22.8 Å². The van der Waals surface area contributed by atoms with Crippen LogP contribution in [0.1, 0.15) is 0 Å². The number of H-pyrrole nitrogens is 1. The van der Waals surface area contributed by atoms with Gasteiger partial charge in [0.25, 0.3) is 5.89 Å². The van der Waals surface area contributed by atoms with Crippen LogP contribution in [0.2, 0.25) is 0 Å². The Morgan fingerprint density at radius 2 is 1.89 bits per heavy atom. The van der Waals surface area contributed by atoms with Gasteiger partial charge in [0.15, 0.2) is 0 Å². The first-order valence-corrected chi connectivity index (χ1v) is 5.82. The summed E-state index contributed by atoms with van der Waals surface area (Å²) in [5.41, 5.74) is 1.65. The summed E-state index contributed by atoms with van der Waals surface area (Å²) in [5.74, 6) is 0.986. The summed E-state index contributed by atoms with van der Waals surface area (Å²) in [6.45, 7) is 0. The van der Waals surface area contributed by atoms with Crippen molar-refractivity contribution in [2.75, 3.05) is 0 Å². The molecule has 0 bridgehead atoms. The zero-order chi connectivity index (χ0) is 12.4. The van der Waals surface area contributed by atoms with E-state index in [0.29, 0.717) is 16.4 Å². The molecule has 1 N–H and O–H groups in total. The first-order valence-electron chi connectivity index (χ1n) is 5.42. The van der Waals surface area contributed by atoms with Crippen LogP contribution in [0.4, 0.5) is 0 Å². The van der Waals surface area contributed by atoms with E-state index < -0.39 is 0 Å². The van der Waals surface area contributed by atoms with E-state index in [1.807, 2.05) is 42.5 Å². The van der Waals surface area contributed by atoms with Gasteiger partial charge in [0.2, 0.25) is 5.82 Å². The van der Waals surface area contributed by atoms with Gasteiger partial charge in [-0.25, -0.2) is 0 Å². The molecule has 2 aromatic heterocycles. The molecule has 0 spiro atoms. The molecule has 2 heterocycles. The lowest BCUT2D eigenvalue weighted by atomic mass is 10.2. The minimum Gasteiger partial charge on any atom is -0.352 e. The third kappa shape index (κ3) is 1.96. The molecule has 88 valence electrons. The molecule has 3 rings (SSSR count). The molecule has 0 aliphatic heterocycles. The number of rotatable bonds is 2. The second kappa shape index (κ2) is 4.54. The van der Waals surface area contributed by atoms with Gasteiger partial charge in [0.1, 0.15) is 4.64 Å². The van der Waals surface area contributed by atoms with E-state index in [0.717, 1.165) is 11.1 Å². The third-order valence-electron chi connectivity index (χ3n) is 2.51. The van der Waals surface area contributed by atoms with Crippen LogP contribution in [-0.4, -0.2) is 15.1 Å². The van der Waals surface area contributed by atoms with Crippen molar-refractivity contribution in [1.29, 1.82) is 0 Å². The fourth-order valence-corrected chi connectivity index (χ4v) is 1.85. The van der Waals surface area contributed by atoms with Crippen LogP contribution < -0.4 is 0 Å². The molecule has 3 aromatic rings. The standard InChI is InChI=1S/C13H9N3OS/c18-13-10(7-4-8-14-13)12-15-11(16-17-12)9-5-2-1-3-6-9/h1-8H,(H,14,18). The number of hydrogen-bond donors (Lipinski definition) is 1. The predicted octanol–water partition coefficient (Wildman–Crippen LogP) is 3.46. The summed E-state index contributed by atoms with van der Waals surface area (Å²) in [7, 11) is 0. The summed E-state index contributed by atoms with van der Waals surface area (Å²) in [6, 6.07) is 13.4. The number of pyridine rings is 1. The van der Waals surface area contributed by atoms with Crippen molar-refractivity contribution in [1.82, 2.24) is 15.1 Å². The molecule has 1 aromatic carbocycles. The number of hydrogen-bond acceptors (Lipinski definition) is 4. The predicted molar refractivity (Wildman–Crippen MR) is 70.4 cm³/mol. The maximum Gasteiger partial charge on any atom is 0.261 e. The highest BCUT2D eigenvalue weighted by Gasteiger charge is 2.11. The fraction of sp³-hybridized carbons (Fsp3) is 0. The van der Waals surface area contributed by atoms with Crippen molar-refractivity contribution in [3.63, 3.8) is 0 Å². The summed E-state index contributed by atoms with van der Waals surface area (Å²) in [6.07, 6.45) is 1.76. The van der Waals surface area contributed by atoms with Gasteiger partial charge in [-0.1, -0.05) is 47.7 Å². The quantitative estimate of drug-likeness (QED) is 0.712. The molecule has 4 nitrogen and oxygen atoms in total. The Morgan fingerprint density at radius 1 is 1.06 bits per heavy atom. The molecule has 0 radical (unpaired) electrons. The van der Waals surface area contributed by atoms with Gasteiger partial charge in [-0.3, -0.25) is 0 Å². The normalized spacial score (nSPS) is 10.4. The molecule has 18 heavy (non-hydrogen) atoms. The van der Waals surface area contributed by atoms with E-state index in [4.69, 9.17) is 16.7 Å². The molecule has 0 atom stereocenters. The zero-order valence-corrected chi connectivity index (χ0v) is 10.1. The highest BCUT2D eigenvalue weighted by molar-refractivity contribution is 7.71. The van der Waals surface area contributed by atoms with E-state index >= 15 is 0 Å².